The molecule has 3 aromatic rings. The first-order chi connectivity index (χ1) is 25.4. The maximum atomic E-state index is 12.8. The number of nitrogens with one attached hydrogen (secondary N) is 5. The van der Waals surface area contributed by atoms with Crippen LogP contribution < -0.4 is 21.3 Å². The summed E-state index contributed by atoms with van der Waals surface area (Å²) >= 11 is 6.65. The van der Waals surface area contributed by atoms with E-state index in [2.05, 4.69) is 50.3 Å². The third-order valence-corrected chi connectivity index (χ3v) is 8.81. The van der Waals surface area contributed by atoms with Crippen molar-refractivity contribution >= 4 is 52.6 Å². The van der Waals surface area contributed by atoms with Crippen molar-refractivity contribution in [3.8, 4) is 11.4 Å². The number of carbonyl (C=O) groups excluding carboxylic acids is 4. The Morgan fingerprint density at radius 3 is 1.66 bits per heavy atom. The lowest BCUT2D eigenvalue weighted by Crippen LogP contribution is -2.31. The predicted octanol–water partition coefficient (Wildman–Crippen LogP) is 8.51. The van der Waals surface area contributed by atoms with Gasteiger partial charge < -0.3 is 30.7 Å². The Balaban J connectivity index is 1.59. The van der Waals surface area contributed by atoms with Gasteiger partial charge in [-0.05, 0) is 31.0 Å². The second-order valence-electron chi connectivity index (χ2n) is 14.3. The number of hydrogen-bond acceptors (Lipinski definition) is 8. The molecule has 0 aliphatic heterocycles. The Kier molecular flexibility index (Phi) is 18.4. The Morgan fingerprint density at radius 2 is 1.21 bits per heavy atom. The molecular formula is C38H59ClN8O6. The number of rotatable bonds is 23. The van der Waals surface area contributed by atoms with E-state index >= 15 is 0 Å². The molecule has 0 saturated heterocycles. The normalized spacial score (nSPS) is 11.4. The first-order valence-corrected chi connectivity index (χ1v) is 19.5. The summed E-state index contributed by atoms with van der Waals surface area (Å²) in [6.07, 6.45) is 13.2. The van der Waals surface area contributed by atoms with Gasteiger partial charge in [0.2, 0.25) is 0 Å². The van der Waals surface area contributed by atoms with E-state index in [4.69, 9.17) is 21.1 Å². The van der Waals surface area contributed by atoms with Gasteiger partial charge >= 0.3 is 24.0 Å². The molecule has 0 aliphatic rings. The van der Waals surface area contributed by atoms with Crippen LogP contribution in [0.3, 0.4) is 0 Å². The fourth-order valence-electron chi connectivity index (χ4n) is 5.51. The van der Waals surface area contributed by atoms with Gasteiger partial charge in [-0.25, -0.2) is 14.6 Å². The van der Waals surface area contributed by atoms with Gasteiger partial charge in [-0.15, -0.1) is 5.10 Å². The molecule has 2 aromatic heterocycles. The van der Waals surface area contributed by atoms with Crippen LogP contribution in [-0.4, -0.2) is 70.1 Å². The molecular weight excluding hydrogens is 700 g/mol. The highest BCUT2D eigenvalue weighted by Gasteiger charge is 2.25. The highest BCUT2D eigenvalue weighted by molar-refractivity contribution is 6.34. The SMILES string of the molecule is CCCCCCCCOC(=O)CCNC(=O)Nc1cc(NC(=O)NCCC(=O)OCCCCCCCC)cc(-c2nc3c(Cl)c(C(C)(C)C)[nH]n3n2)c1. The van der Waals surface area contributed by atoms with E-state index in [1.165, 1.54) is 43.2 Å². The summed E-state index contributed by atoms with van der Waals surface area (Å²) in [4.78, 5) is 54.5. The van der Waals surface area contributed by atoms with Crippen molar-refractivity contribution in [2.75, 3.05) is 36.9 Å². The second kappa shape index (κ2) is 22.7. The number of aromatic nitrogens is 4. The number of H-pyrrole nitrogens is 1. The highest BCUT2D eigenvalue weighted by atomic mass is 35.5. The summed E-state index contributed by atoms with van der Waals surface area (Å²) in [5.41, 5.74) is 2.10. The molecule has 15 heteroatoms. The summed E-state index contributed by atoms with van der Waals surface area (Å²) in [5, 5.41) is 19.0. The Bertz CT molecular complexity index is 1550. The molecule has 3 rings (SSSR count). The number of anilines is 2. The molecule has 0 fully saturated rings. The third-order valence-electron chi connectivity index (χ3n) is 8.45. The van der Waals surface area contributed by atoms with Crippen molar-refractivity contribution in [1.29, 1.82) is 0 Å². The summed E-state index contributed by atoms with van der Waals surface area (Å²) in [6.45, 7) is 11.3. The average molecular weight is 759 g/mol. The predicted molar refractivity (Wildman–Crippen MR) is 208 cm³/mol. The van der Waals surface area contributed by atoms with Gasteiger partial charge in [-0.2, -0.15) is 4.63 Å². The highest BCUT2D eigenvalue weighted by Crippen LogP contribution is 2.33. The first kappa shape index (κ1) is 43.1. The number of unbranched alkanes of at least 4 members (excludes halogenated alkanes) is 10. The van der Waals surface area contributed by atoms with E-state index in [1.54, 1.807) is 18.2 Å². The molecule has 0 radical (unpaired) electrons. The van der Waals surface area contributed by atoms with Gasteiger partial charge in [-0.1, -0.05) is 110 Å². The zero-order chi connectivity index (χ0) is 38.6. The maximum Gasteiger partial charge on any atom is 0.319 e. The van der Waals surface area contributed by atoms with Crippen LogP contribution in [-0.2, 0) is 24.5 Å². The standard InChI is InChI=1S/C38H59ClN8O6/c1-6-8-10-12-14-16-22-52-30(48)18-20-40-36(50)42-28-24-27(34-44-35-32(39)33(38(3,4)5)45-47(35)46-34)25-29(26-28)43-37(51)41-21-19-31(49)53-23-17-15-13-11-9-7-2/h24-26,45H,6-23H2,1-5H3,(H2,40,42,50)(H2,41,43,51). The van der Waals surface area contributed by atoms with Crippen LogP contribution in [0.5, 0.6) is 0 Å². The van der Waals surface area contributed by atoms with Crippen molar-refractivity contribution in [2.45, 2.75) is 130 Å². The molecule has 0 atom stereocenters. The summed E-state index contributed by atoms with van der Waals surface area (Å²) in [5.74, 6) is -0.453. The molecule has 14 nitrogen and oxygen atoms in total. The lowest BCUT2D eigenvalue weighted by molar-refractivity contribution is -0.144. The van der Waals surface area contributed by atoms with Crippen molar-refractivity contribution < 1.29 is 28.7 Å². The molecule has 5 N–H and O–H groups in total. The molecule has 4 amide bonds. The molecule has 294 valence electrons. The van der Waals surface area contributed by atoms with Gasteiger partial charge in [-0.3, -0.25) is 14.7 Å². The summed E-state index contributed by atoms with van der Waals surface area (Å²) < 4.78 is 12.1. The Labute approximate surface area is 318 Å². The van der Waals surface area contributed by atoms with Crippen molar-refractivity contribution in [1.82, 2.24) is 30.4 Å². The van der Waals surface area contributed by atoms with E-state index in [0.29, 0.717) is 46.6 Å². The quantitative estimate of drug-likeness (QED) is 0.0471. The average Bonchev–Trinajstić information content (AvgIpc) is 3.66. The number of halogens is 1. The Hall–Kier alpha value is -4.33. The van der Waals surface area contributed by atoms with E-state index in [0.717, 1.165) is 44.2 Å². The van der Waals surface area contributed by atoms with Crippen LogP contribution >= 0.6 is 11.6 Å². The summed E-state index contributed by atoms with van der Waals surface area (Å²) in [7, 11) is 0. The zero-order valence-electron chi connectivity index (χ0n) is 32.1. The van der Waals surface area contributed by atoms with Crippen molar-refractivity contribution in [3.63, 3.8) is 0 Å². The fourth-order valence-corrected chi connectivity index (χ4v) is 5.96. The monoisotopic (exact) mass is 758 g/mol. The Morgan fingerprint density at radius 1 is 0.736 bits per heavy atom. The van der Waals surface area contributed by atoms with Gasteiger partial charge in [0.05, 0.1) is 31.7 Å². The number of hydrogen-bond donors (Lipinski definition) is 5. The zero-order valence-corrected chi connectivity index (χ0v) is 32.9. The minimum absolute atomic E-state index is 0.0326. The molecule has 0 bridgehead atoms. The number of ether oxygens (including phenoxy) is 2. The number of urea groups is 2. The number of nitrogens with zero attached hydrogens (tertiary/aromatic N) is 3. The number of esters is 2. The second-order valence-corrected chi connectivity index (χ2v) is 14.6. The molecule has 0 aliphatic carbocycles. The molecule has 0 unspecified atom stereocenters. The number of fused-ring (bicyclic) bond motifs is 1. The third kappa shape index (κ3) is 15.7. The number of aromatic amines is 1. The largest absolute Gasteiger partial charge is 0.466 e. The van der Waals surface area contributed by atoms with Crippen LogP contribution in [0.1, 0.15) is 130 Å². The van der Waals surface area contributed by atoms with Crippen LogP contribution in [0.25, 0.3) is 17.0 Å². The van der Waals surface area contributed by atoms with Gasteiger partial charge in [0.25, 0.3) is 0 Å². The van der Waals surface area contributed by atoms with Crippen molar-refractivity contribution in [3.05, 3.63) is 28.9 Å². The first-order valence-electron chi connectivity index (χ1n) is 19.1. The molecule has 2 heterocycles. The lowest BCUT2D eigenvalue weighted by Gasteiger charge is -2.16. The number of carbonyl (C=O) groups is 4. The molecule has 53 heavy (non-hydrogen) atoms. The smallest absolute Gasteiger partial charge is 0.319 e. The van der Waals surface area contributed by atoms with Crippen LogP contribution in [0, 0.1) is 0 Å². The minimum atomic E-state index is -0.552. The van der Waals surface area contributed by atoms with E-state index in [-0.39, 0.29) is 43.3 Å². The number of benzene rings is 1. The summed E-state index contributed by atoms with van der Waals surface area (Å²) in [6, 6.07) is 3.78. The maximum absolute atomic E-state index is 12.8. The topological polar surface area (TPSA) is 181 Å². The number of amides is 4. The van der Waals surface area contributed by atoms with Gasteiger partial charge in [0, 0.05) is 35.4 Å². The van der Waals surface area contributed by atoms with Gasteiger partial charge in [0.1, 0.15) is 5.02 Å². The lowest BCUT2D eigenvalue weighted by atomic mass is 9.92. The van der Waals surface area contributed by atoms with Crippen molar-refractivity contribution in [2.24, 2.45) is 0 Å². The van der Waals surface area contributed by atoms with Crippen LogP contribution in [0.4, 0.5) is 21.0 Å². The van der Waals surface area contributed by atoms with E-state index in [9.17, 15) is 19.2 Å². The molecule has 1 aromatic carbocycles. The molecule has 0 saturated carbocycles. The van der Waals surface area contributed by atoms with Gasteiger partial charge in [0.15, 0.2) is 11.5 Å². The van der Waals surface area contributed by atoms with E-state index in [1.807, 2.05) is 20.8 Å². The molecule has 0 spiro atoms. The van der Waals surface area contributed by atoms with E-state index < -0.39 is 12.1 Å². The minimum Gasteiger partial charge on any atom is -0.466 e. The van der Waals surface area contributed by atoms with Crippen LogP contribution in [0.15, 0.2) is 18.2 Å². The van der Waals surface area contributed by atoms with Crippen LogP contribution in [0.2, 0.25) is 5.02 Å². The fraction of sp³-hybridized carbons (Fsp3) is 0.632.